The number of rotatable bonds is 8. The lowest BCUT2D eigenvalue weighted by Gasteiger charge is -2.11. The smallest absolute Gasteiger partial charge is 0.252 e. The van der Waals surface area contributed by atoms with E-state index in [0.29, 0.717) is 33.0 Å². The summed E-state index contributed by atoms with van der Waals surface area (Å²) in [4.78, 5) is 24.4. The topological polar surface area (TPSA) is 98.2 Å². The lowest BCUT2D eigenvalue weighted by atomic mass is 10.1. The quantitative estimate of drug-likeness (QED) is 0.355. The van der Waals surface area contributed by atoms with Crippen molar-refractivity contribution in [2.45, 2.75) is 6.92 Å². The number of carbonyl (C=O) groups excluding carboxylic acids is 2. The number of amides is 2. The van der Waals surface area contributed by atoms with Crippen molar-refractivity contribution in [1.82, 2.24) is 5.43 Å². The second kappa shape index (κ2) is 10.5. The van der Waals surface area contributed by atoms with E-state index in [9.17, 15) is 9.59 Å². The van der Waals surface area contributed by atoms with Crippen LogP contribution in [0.2, 0.25) is 0 Å². The third-order valence-corrected chi connectivity index (χ3v) is 4.58. The van der Waals surface area contributed by atoms with Crippen LogP contribution in [0.4, 0.5) is 5.69 Å². The van der Waals surface area contributed by atoms with Gasteiger partial charge < -0.3 is 19.5 Å². The number of halogens is 1. The number of hydrogen-bond donors (Lipinski definition) is 2. The van der Waals surface area contributed by atoms with Gasteiger partial charge in [-0.05, 0) is 64.8 Å². The Hall–Kier alpha value is -3.07. The van der Waals surface area contributed by atoms with Crippen LogP contribution in [-0.4, -0.2) is 39.4 Å². The Balaban J connectivity index is 1.96. The molecule has 0 fully saturated rings. The van der Waals surface area contributed by atoms with Crippen molar-refractivity contribution in [2.24, 2.45) is 11.0 Å². The summed E-state index contributed by atoms with van der Waals surface area (Å²) in [5.41, 5.74) is 3.60. The Bertz CT molecular complexity index is 900. The number of nitrogens with one attached hydrogen (secondary N) is 2. The highest BCUT2D eigenvalue weighted by molar-refractivity contribution is 9.10. The molecule has 1 unspecified atom stereocenters. The van der Waals surface area contributed by atoms with Crippen molar-refractivity contribution in [3.63, 3.8) is 0 Å². The monoisotopic (exact) mass is 463 g/mol. The lowest BCUT2D eigenvalue weighted by Crippen LogP contribution is -2.34. The average Bonchev–Trinajstić information content (AvgIpc) is 2.73. The molecular formula is C20H22BrN3O5. The molecule has 8 nitrogen and oxygen atoms in total. The molecule has 2 N–H and O–H groups in total. The van der Waals surface area contributed by atoms with Gasteiger partial charge in [0.25, 0.3) is 5.91 Å². The van der Waals surface area contributed by atoms with Crippen LogP contribution in [0.5, 0.6) is 17.2 Å². The average molecular weight is 464 g/mol. The molecule has 29 heavy (non-hydrogen) atoms. The minimum atomic E-state index is -0.939. The number of hydrazone groups is 1. The molecule has 0 heterocycles. The van der Waals surface area contributed by atoms with E-state index < -0.39 is 17.7 Å². The lowest BCUT2D eigenvalue weighted by molar-refractivity contribution is -0.131. The van der Waals surface area contributed by atoms with E-state index in [1.807, 2.05) is 0 Å². The van der Waals surface area contributed by atoms with Gasteiger partial charge in [0.15, 0.2) is 11.5 Å². The van der Waals surface area contributed by atoms with Gasteiger partial charge >= 0.3 is 0 Å². The minimum absolute atomic E-state index is 0.447. The zero-order valence-corrected chi connectivity index (χ0v) is 18.1. The highest BCUT2D eigenvalue weighted by Crippen LogP contribution is 2.35. The van der Waals surface area contributed by atoms with E-state index in [1.165, 1.54) is 27.4 Å². The fraction of sp³-hybridized carbons (Fsp3) is 0.250. The van der Waals surface area contributed by atoms with Crippen molar-refractivity contribution < 1.29 is 23.8 Å². The van der Waals surface area contributed by atoms with Crippen LogP contribution >= 0.6 is 15.9 Å². The summed E-state index contributed by atoms with van der Waals surface area (Å²) in [5, 5.41) is 6.58. The summed E-state index contributed by atoms with van der Waals surface area (Å²) in [6, 6.07) is 10.3. The third kappa shape index (κ3) is 5.95. The molecule has 0 spiro atoms. The van der Waals surface area contributed by atoms with Gasteiger partial charge in [0, 0.05) is 5.69 Å². The van der Waals surface area contributed by atoms with E-state index >= 15 is 0 Å². The molecule has 2 rings (SSSR count). The molecule has 0 aliphatic carbocycles. The Labute approximate surface area is 177 Å². The molecule has 2 amide bonds. The molecule has 0 aliphatic heterocycles. The first-order valence-corrected chi connectivity index (χ1v) is 9.38. The van der Waals surface area contributed by atoms with Crippen LogP contribution in [0.25, 0.3) is 0 Å². The number of carbonyl (C=O) groups is 2. The number of hydrogen-bond acceptors (Lipinski definition) is 6. The van der Waals surface area contributed by atoms with Gasteiger partial charge in [-0.1, -0.05) is 0 Å². The number of ether oxygens (including phenoxy) is 3. The van der Waals surface area contributed by atoms with Gasteiger partial charge in [-0.15, -0.1) is 0 Å². The highest BCUT2D eigenvalue weighted by Gasteiger charge is 2.21. The highest BCUT2D eigenvalue weighted by atomic mass is 79.9. The van der Waals surface area contributed by atoms with Crippen LogP contribution in [0.3, 0.4) is 0 Å². The first-order valence-electron chi connectivity index (χ1n) is 8.59. The summed E-state index contributed by atoms with van der Waals surface area (Å²) >= 11 is 3.39. The Morgan fingerprint density at radius 2 is 1.72 bits per heavy atom. The summed E-state index contributed by atoms with van der Waals surface area (Å²) < 4.78 is 16.3. The van der Waals surface area contributed by atoms with Crippen LogP contribution < -0.4 is 25.0 Å². The third-order valence-electron chi connectivity index (χ3n) is 3.99. The number of nitrogens with zero attached hydrogens (tertiary/aromatic N) is 1. The van der Waals surface area contributed by atoms with Crippen molar-refractivity contribution in [3.05, 3.63) is 46.4 Å². The summed E-state index contributed by atoms with van der Waals surface area (Å²) in [6.07, 6.45) is 1.44. The largest absolute Gasteiger partial charge is 0.497 e. The molecule has 2 aromatic carbocycles. The zero-order chi connectivity index (χ0) is 21.4. The molecule has 0 radical (unpaired) electrons. The van der Waals surface area contributed by atoms with Gasteiger partial charge in [-0.3, -0.25) is 9.59 Å². The molecule has 0 bridgehead atoms. The van der Waals surface area contributed by atoms with Crippen molar-refractivity contribution in [1.29, 1.82) is 0 Å². The van der Waals surface area contributed by atoms with Crippen LogP contribution in [0.15, 0.2) is 46.0 Å². The number of benzene rings is 2. The molecule has 9 heteroatoms. The van der Waals surface area contributed by atoms with E-state index in [1.54, 1.807) is 43.5 Å². The first kappa shape index (κ1) is 22.2. The summed E-state index contributed by atoms with van der Waals surface area (Å²) in [5.74, 6) is -0.181. The molecular weight excluding hydrogens is 442 g/mol. The Kier molecular flexibility index (Phi) is 8.02. The van der Waals surface area contributed by atoms with Gasteiger partial charge in [-0.2, -0.15) is 5.10 Å². The fourth-order valence-electron chi connectivity index (χ4n) is 2.32. The number of anilines is 1. The van der Waals surface area contributed by atoms with Gasteiger partial charge in [0.1, 0.15) is 11.7 Å². The number of methoxy groups -OCH3 is 3. The first-order chi connectivity index (χ1) is 13.9. The zero-order valence-electron chi connectivity index (χ0n) is 16.5. The maximum absolute atomic E-state index is 12.2. The Morgan fingerprint density at radius 1 is 1.03 bits per heavy atom. The molecule has 0 aliphatic rings. The maximum Gasteiger partial charge on any atom is 0.252 e. The predicted octanol–water partition coefficient (Wildman–Crippen LogP) is 3.20. The van der Waals surface area contributed by atoms with Gasteiger partial charge in [0.2, 0.25) is 5.91 Å². The van der Waals surface area contributed by atoms with Gasteiger partial charge in [0.05, 0.1) is 32.0 Å². The molecule has 0 aromatic heterocycles. The second-order valence-corrected chi connectivity index (χ2v) is 6.77. The molecule has 0 saturated carbocycles. The molecule has 0 saturated heterocycles. The molecule has 1 atom stereocenters. The maximum atomic E-state index is 12.2. The van der Waals surface area contributed by atoms with E-state index in [-0.39, 0.29) is 0 Å². The minimum Gasteiger partial charge on any atom is -0.497 e. The second-order valence-electron chi connectivity index (χ2n) is 5.91. The van der Waals surface area contributed by atoms with Gasteiger partial charge in [-0.25, -0.2) is 5.43 Å². The van der Waals surface area contributed by atoms with Crippen molar-refractivity contribution in [3.8, 4) is 17.2 Å². The normalized spacial score (nSPS) is 11.6. The van der Waals surface area contributed by atoms with Crippen LogP contribution in [0, 0.1) is 5.92 Å². The summed E-state index contributed by atoms with van der Waals surface area (Å²) in [7, 11) is 4.62. The van der Waals surface area contributed by atoms with E-state index in [0.717, 1.165) is 0 Å². The van der Waals surface area contributed by atoms with E-state index in [4.69, 9.17) is 14.2 Å². The van der Waals surface area contributed by atoms with E-state index in [2.05, 4.69) is 31.8 Å². The molecule has 2 aromatic rings. The Morgan fingerprint density at radius 3 is 2.31 bits per heavy atom. The summed E-state index contributed by atoms with van der Waals surface area (Å²) in [6.45, 7) is 1.50. The van der Waals surface area contributed by atoms with Crippen LogP contribution in [0.1, 0.15) is 12.5 Å². The van der Waals surface area contributed by atoms with Crippen LogP contribution in [-0.2, 0) is 9.59 Å². The fourth-order valence-corrected chi connectivity index (χ4v) is 2.95. The van der Waals surface area contributed by atoms with Crippen molar-refractivity contribution >= 4 is 39.6 Å². The predicted molar refractivity (Wildman–Crippen MR) is 114 cm³/mol. The molecule has 154 valence electrons. The SMILES string of the molecule is COc1ccc(NC(=O)C(C)C(=O)NN=Cc2cc(Br)c(OC)c(OC)c2)cc1. The van der Waals surface area contributed by atoms with Crippen molar-refractivity contribution in [2.75, 3.05) is 26.6 Å². The standard InChI is InChI=1S/C20H22BrN3O5/c1-12(19(25)23-14-5-7-15(27-2)8-6-14)20(26)24-22-11-13-9-16(21)18(29-4)17(10-13)28-3/h5-12H,1-4H3,(H,23,25)(H,24,26).